The highest BCUT2D eigenvalue weighted by molar-refractivity contribution is 5.90. The van der Waals surface area contributed by atoms with Crippen molar-refractivity contribution >= 4 is 23.4 Å². The summed E-state index contributed by atoms with van der Waals surface area (Å²) >= 11 is 0. The second kappa shape index (κ2) is 8.02. The van der Waals surface area contributed by atoms with Gasteiger partial charge in [-0.2, -0.15) is 0 Å². The molecule has 146 valence electrons. The van der Waals surface area contributed by atoms with Gasteiger partial charge in [-0.1, -0.05) is 18.2 Å². The molecule has 1 atom stereocenters. The molecule has 0 radical (unpaired) electrons. The molecule has 0 saturated carbocycles. The van der Waals surface area contributed by atoms with Gasteiger partial charge in [0.2, 0.25) is 5.82 Å². The number of hydrogen-bond acceptors (Lipinski definition) is 6. The van der Waals surface area contributed by atoms with Gasteiger partial charge in [-0.3, -0.25) is 19.6 Å². The van der Waals surface area contributed by atoms with Crippen LogP contribution in [0.25, 0.3) is 0 Å². The van der Waals surface area contributed by atoms with Crippen molar-refractivity contribution in [3.05, 3.63) is 40.1 Å². The van der Waals surface area contributed by atoms with Gasteiger partial charge < -0.3 is 15.1 Å². The number of hydrogen-bond donors (Lipinski definition) is 2. The summed E-state index contributed by atoms with van der Waals surface area (Å²) in [6, 6.07) is 0. The first-order valence-corrected chi connectivity index (χ1v) is 8.42. The van der Waals surface area contributed by atoms with E-state index in [9.17, 15) is 19.7 Å². The van der Waals surface area contributed by atoms with Gasteiger partial charge in [0.15, 0.2) is 0 Å². The highest BCUT2D eigenvalue weighted by atomic mass is 16.6. The van der Waals surface area contributed by atoms with E-state index < -0.39 is 17.4 Å². The molecule has 2 N–H and O–H groups in total. The lowest BCUT2D eigenvalue weighted by molar-refractivity contribution is -0.384. The van der Waals surface area contributed by atoms with E-state index in [1.54, 1.807) is 7.05 Å². The van der Waals surface area contributed by atoms with E-state index in [4.69, 9.17) is 10.2 Å². The number of anilines is 1. The predicted octanol–water partition coefficient (Wildman–Crippen LogP) is 1.98. The Hall–Kier alpha value is -3.17. The molecule has 1 aliphatic carbocycles. The van der Waals surface area contributed by atoms with Crippen molar-refractivity contribution in [3.8, 4) is 0 Å². The Bertz CT molecular complexity index is 806. The van der Waals surface area contributed by atoms with Gasteiger partial charge in [0.05, 0.1) is 10.3 Å². The predicted molar refractivity (Wildman–Crippen MR) is 96.5 cm³/mol. The van der Waals surface area contributed by atoms with Gasteiger partial charge in [0, 0.05) is 25.7 Å². The highest BCUT2D eigenvalue weighted by Gasteiger charge is 2.34. The molecule has 1 saturated heterocycles. The molecule has 10 heteroatoms. The number of allylic oxidation sites excluding steroid dienone is 2. The smallest absolute Gasteiger partial charge is 0.331 e. The third kappa shape index (κ3) is 4.72. The van der Waals surface area contributed by atoms with Crippen molar-refractivity contribution in [1.82, 2.24) is 9.78 Å². The minimum atomic E-state index is -1.08. The molecule has 0 spiro atoms. The zero-order valence-corrected chi connectivity index (χ0v) is 15.2. The molecule has 0 bridgehead atoms. The fraction of sp³-hybridized carbons (Fsp3) is 0.471. The maximum atomic E-state index is 10.8. The summed E-state index contributed by atoms with van der Waals surface area (Å²) in [5, 5.41) is 32.3. The van der Waals surface area contributed by atoms with Crippen LogP contribution in [0.2, 0.25) is 0 Å². The molecule has 1 fully saturated rings. The quantitative estimate of drug-likeness (QED) is 0.599. The van der Waals surface area contributed by atoms with Crippen molar-refractivity contribution in [1.29, 1.82) is 0 Å². The summed E-state index contributed by atoms with van der Waals surface area (Å²) in [5.41, 5.74) is -0.843. The summed E-state index contributed by atoms with van der Waals surface area (Å²) < 4.78 is 1.49. The Morgan fingerprint density at radius 1 is 1.30 bits per heavy atom. The molecule has 1 unspecified atom stereocenters. The second-order valence-electron chi connectivity index (χ2n) is 6.72. The SMILES string of the molecule is CC1(C(=O)O)C=CC=C(C(=O)O)C1.Cn1cc([N+](=O)[O-])c(N2CCCC2)n1. The van der Waals surface area contributed by atoms with Gasteiger partial charge in [-0.05, 0) is 26.2 Å². The maximum Gasteiger partial charge on any atom is 0.331 e. The lowest BCUT2D eigenvalue weighted by Gasteiger charge is -2.23. The van der Waals surface area contributed by atoms with Crippen LogP contribution in [-0.4, -0.2) is 49.9 Å². The summed E-state index contributed by atoms with van der Waals surface area (Å²) in [7, 11) is 1.70. The third-order valence-corrected chi connectivity index (χ3v) is 4.48. The van der Waals surface area contributed by atoms with Crippen LogP contribution >= 0.6 is 0 Å². The number of carbonyl (C=O) groups is 2. The highest BCUT2D eigenvalue weighted by Crippen LogP contribution is 2.31. The van der Waals surface area contributed by atoms with E-state index >= 15 is 0 Å². The van der Waals surface area contributed by atoms with E-state index in [2.05, 4.69) is 5.10 Å². The lowest BCUT2D eigenvalue weighted by atomic mass is 9.80. The van der Waals surface area contributed by atoms with Gasteiger partial charge in [0.1, 0.15) is 6.20 Å². The van der Waals surface area contributed by atoms with E-state index in [1.807, 2.05) is 4.90 Å². The van der Waals surface area contributed by atoms with Crippen LogP contribution in [0.4, 0.5) is 11.5 Å². The molecule has 0 aromatic carbocycles. The first kappa shape index (κ1) is 20.1. The zero-order chi connectivity index (χ0) is 20.2. The molecular weight excluding hydrogens is 356 g/mol. The first-order valence-electron chi connectivity index (χ1n) is 8.42. The Morgan fingerprint density at radius 3 is 2.44 bits per heavy atom. The number of aryl methyl sites for hydroxylation is 1. The van der Waals surface area contributed by atoms with Crippen LogP contribution in [-0.2, 0) is 16.6 Å². The second-order valence-corrected chi connectivity index (χ2v) is 6.72. The van der Waals surface area contributed by atoms with Gasteiger partial charge >= 0.3 is 17.6 Å². The van der Waals surface area contributed by atoms with Crippen molar-refractivity contribution < 1.29 is 24.7 Å². The van der Waals surface area contributed by atoms with Crippen LogP contribution in [0.3, 0.4) is 0 Å². The molecular formula is C17H22N4O6. The molecule has 0 amide bonds. The van der Waals surface area contributed by atoms with E-state index in [0.717, 1.165) is 25.9 Å². The van der Waals surface area contributed by atoms with Crippen molar-refractivity contribution in [3.63, 3.8) is 0 Å². The van der Waals surface area contributed by atoms with E-state index in [1.165, 1.54) is 36.0 Å². The number of carboxylic acids is 2. The zero-order valence-electron chi connectivity index (χ0n) is 15.2. The molecule has 1 aromatic rings. The minimum absolute atomic E-state index is 0.0359. The number of carboxylic acid groups (broad SMARTS) is 2. The van der Waals surface area contributed by atoms with Crippen molar-refractivity contribution in [2.45, 2.75) is 26.2 Å². The molecule has 10 nitrogen and oxygen atoms in total. The first-order chi connectivity index (χ1) is 12.6. The standard InChI is InChI=1S/C9H10O4.C8H12N4O2/c1-9(8(12)13)4-2-3-6(5-9)7(10)11;1-10-6-7(12(13)14)8(9-10)11-4-2-3-5-11/h2-4H,5H2,1H3,(H,10,11)(H,12,13);6H,2-5H2,1H3. The van der Waals surface area contributed by atoms with E-state index in [0.29, 0.717) is 5.82 Å². The molecule has 1 aliphatic heterocycles. The third-order valence-electron chi connectivity index (χ3n) is 4.48. The molecule has 2 heterocycles. The molecule has 27 heavy (non-hydrogen) atoms. The Kier molecular flexibility index (Phi) is 5.98. The fourth-order valence-electron chi connectivity index (χ4n) is 2.93. The summed E-state index contributed by atoms with van der Waals surface area (Å²) in [5.74, 6) is -1.55. The Morgan fingerprint density at radius 2 is 1.93 bits per heavy atom. The normalized spacial score (nSPS) is 21.3. The van der Waals surface area contributed by atoms with E-state index in [-0.39, 0.29) is 22.6 Å². The number of rotatable bonds is 4. The average Bonchev–Trinajstić information content (AvgIpc) is 3.24. The minimum Gasteiger partial charge on any atom is -0.481 e. The van der Waals surface area contributed by atoms with Crippen LogP contribution < -0.4 is 4.90 Å². The topological polar surface area (TPSA) is 139 Å². The Balaban J connectivity index is 0.000000194. The lowest BCUT2D eigenvalue weighted by Crippen LogP contribution is -2.28. The maximum absolute atomic E-state index is 10.8. The van der Waals surface area contributed by atoms with Crippen molar-refractivity contribution in [2.24, 2.45) is 12.5 Å². The average molecular weight is 378 g/mol. The van der Waals surface area contributed by atoms with Gasteiger partial charge in [0.25, 0.3) is 0 Å². The van der Waals surface area contributed by atoms with Crippen LogP contribution in [0.5, 0.6) is 0 Å². The number of nitrogens with zero attached hydrogens (tertiary/aromatic N) is 4. The molecule has 2 aliphatic rings. The monoisotopic (exact) mass is 378 g/mol. The number of nitro groups is 1. The Labute approximate surface area is 155 Å². The molecule has 3 rings (SSSR count). The fourth-order valence-corrected chi connectivity index (χ4v) is 2.93. The summed E-state index contributed by atoms with van der Waals surface area (Å²) in [6.45, 7) is 3.25. The van der Waals surface area contributed by atoms with Crippen LogP contribution in [0.15, 0.2) is 30.0 Å². The summed E-state index contributed by atoms with van der Waals surface area (Å²) in [4.78, 5) is 33.7. The van der Waals surface area contributed by atoms with Crippen molar-refractivity contribution in [2.75, 3.05) is 18.0 Å². The largest absolute Gasteiger partial charge is 0.481 e. The number of aromatic nitrogens is 2. The summed E-state index contributed by atoms with van der Waals surface area (Å²) in [6.07, 6.45) is 8.07. The van der Waals surface area contributed by atoms with Crippen LogP contribution in [0.1, 0.15) is 26.2 Å². The number of aliphatic carboxylic acids is 2. The molecule has 1 aromatic heterocycles. The van der Waals surface area contributed by atoms with Gasteiger partial charge in [-0.15, -0.1) is 5.10 Å². The van der Waals surface area contributed by atoms with Gasteiger partial charge in [-0.25, -0.2) is 4.79 Å². The van der Waals surface area contributed by atoms with Crippen LogP contribution in [0, 0.1) is 15.5 Å².